The van der Waals surface area contributed by atoms with E-state index in [1.54, 1.807) is 0 Å². The molecule has 0 aliphatic carbocycles. The Hall–Kier alpha value is -1.35. The van der Waals surface area contributed by atoms with Gasteiger partial charge in [0, 0.05) is 18.3 Å². The van der Waals surface area contributed by atoms with Crippen molar-refractivity contribution in [3.8, 4) is 0 Å². The quantitative estimate of drug-likeness (QED) is 0.739. The molecule has 2 unspecified atom stereocenters. The Morgan fingerprint density at radius 3 is 2.93 bits per heavy atom. The van der Waals surface area contributed by atoms with Crippen LogP contribution in [0, 0.1) is 6.92 Å². The molecule has 3 heterocycles. The van der Waals surface area contributed by atoms with Crippen molar-refractivity contribution < 1.29 is 4.79 Å². The normalized spacial score (nSPS) is 28.9. The van der Waals surface area contributed by atoms with Gasteiger partial charge in [-0.1, -0.05) is 12.1 Å². The van der Waals surface area contributed by atoms with Gasteiger partial charge in [0.15, 0.2) is 0 Å². The number of carbonyl (C=O) groups is 1. The van der Waals surface area contributed by atoms with Crippen molar-refractivity contribution in [3.63, 3.8) is 0 Å². The smallest absolute Gasteiger partial charge is 0.244 e. The maximum Gasteiger partial charge on any atom is 0.244 e. The maximum atomic E-state index is 11.9. The number of amides is 1. The van der Waals surface area contributed by atoms with Crippen molar-refractivity contribution in [2.45, 2.75) is 25.4 Å². The number of piperazine rings is 1. The molecular formula is C12H14N2O. The zero-order valence-corrected chi connectivity index (χ0v) is 8.73. The molecule has 3 aliphatic rings. The number of aryl methyl sites for hydroxylation is 1. The number of nitrogens with one attached hydrogen (secondary N) is 1. The number of fused-ring (bicyclic) bond motifs is 2. The Morgan fingerprint density at radius 1 is 1.47 bits per heavy atom. The lowest BCUT2D eigenvalue weighted by Crippen LogP contribution is -2.70. The lowest BCUT2D eigenvalue weighted by Gasteiger charge is -2.47. The topological polar surface area (TPSA) is 32.3 Å². The molecule has 1 N–H and O–H groups in total. The van der Waals surface area contributed by atoms with E-state index in [1.165, 1.54) is 5.56 Å². The Balaban J connectivity index is 1.91. The molecule has 4 rings (SSSR count). The van der Waals surface area contributed by atoms with E-state index in [0.717, 1.165) is 18.7 Å². The first-order chi connectivity index (χ1) is 7.24. The number of hydrogen-bond acceptors (Lipinski definition) is 2. The van der Waals surface area contributed by atoms with E-state index in [-0.39, 0.29) is 11.9 Å². The van der Waals surface area contributed by atoms with E-state index >= 15 is 0 Å². The summed E-state index contributed by atoms with van der Waals surface area (Å²) >= 11 is 0. The third-order valence-electron chi connectivity index (χ3n) is 3.24. The molecule has 1 aromatic carbocycles. The summed E-state index contributed by atoms with van der Waals surface area (Å²) in [6.45, 7) is 2.87. The van der Waals surface area contributed by atoms with E-state index < -0.39 is 0 Å². The van der Waals surface area contributed by atoms with Gasteiger partial charge in [0.05, 0.1) is 6.04 Å². The zero-order chi connectivity index (χ0) is 10.4. The van der Waals surface area contributed by atoms with Gasteiger partial charge in [-0.25, -0.2) is 0 Å². The Labute approximate surface area is 89.1 Å². The highest BCUT2D eigenvalue weighted by Gasteiger charge is 2.43. The molecule has 1 aromatic rings. The third-order valence-corrected chi connectivity index (χ3v) is 3.24. The molecule has 3 nitrogen and oxygen atoms in total. The molecular weight excluding hydrogens is 188 g/mol. The fourth-order valence-corrected chi connectivity index (χ4v) is 2.37. The molecule has 0 saturated carbocycles. The predicted octanol–water partition coefficient (Wildman–Crippen LogP) is 1.07. The minimum atomic E-state index is 0.0734. The molecule has 0 spiro atoms. The molecule has 0 radical (unpaired) electrons. The second kappa shape index (κ2) is 3.07. The summed E-state index contributed by atoms with van der Waals surface area (Å²) in [5.74, 6) is 0.225. The van der Waals surface area contributed by atoms with Crippen LogP contribution in [0.2, 0.25) is 0 Å². The molecule has 3 aliphatic heterocycles. The van der Waals surface area contributed by atoms with E-state index in [4.69, 9.17) is 0 Å². The molecule has 3 saturated heterocycles. The fraction of sp³-hybridized carbons (Fsp3) is 0.417. The van der Waals surface area contributed by atoms with Crippen LogP contribution >= 0.6 is 0 Å². The Kier molecular flexibility index (Phi) is 1.83. The SMILES string of the molecule is Cc1cccc(N2CC3CC(N3)C2=O)c1. The molecule has 2 atom stereocenters. The second-order valence-corrected chi connectivity index (χ2v) is 4.44. The van der Waals surface area contributed by atoms with Crippen LogP contribution in [0.25, 0.3) is 0 Å². The summed E-state index contributed by atoms with van der Waals surface area (Å²) in [6.07, 6.45) is 1.02. The van der Waals surface area contributed by atoms with Crippen LogP contribution in [-0.2, 0) is 4.79 Å². The number of benzene rings is 1. The standard InChI is InChI=1S/C12H14N2O/c1-8-3-2-4-10(5-8)14-7-9-6-11(13-9)12(14)15/h2-5,9,11,13H,6-7H2,1H3. The lowest BCUT2D eigenvalue weighted by atomic mass is 9.90. The summed E-state index contributed by atoms with van der Waals surface area (Å²) in [5, 5.41) is 3.25. The van der Waals surface area contributed by atoms with Crippen molar-refractivity contribution in [2.75, 3.05) is 11.4 Å². The number of anilines is 1. The summed E-state index contributed by atoms with van der Waals surface area (Å²) in [6, 6.07) is 8.72. The lowest BCUT2D eigenvalue weighted by molar-refractivity contribution is -0.125. The first kappa shape index (κ1) is 8.92. The van der Waals surface area contributed by atoms with Crippen molar-refractivity contribution >= 4 is 11.6 Å². The first-order valence-electron chi connectivity index (χ1n) is 5.38. The van der Waals surface area contributed by atoms with E-state index in [0.29, 0.717) is 6.04 Å². The zero-order valence-electron chi connectivity index (χ0n) is 8.73. The van der Waals surface area contributed by atoms with Crippen LogP contribution in [0.15, 0.2) is 24.3 Å². The second-order valence-electron chi connectivity index (χ2n) is 4.44. The van der Waals surface area contributed by atoms with Crippen LogP contribution in [0.4, 0.5) is 5.69 Å². The average molecular weight is 202 g/mol. The molecule has 3 heteroatoms. The number of nitrogens with zero attached hydrogens (tertiary/aromatic N) is 1. The molecule has 1 amide bonds. The average Bonchev–Trinajstić information content (AvgIpc) is 2.16. The first-order valence-corrected chi connectivity index (χ1v) is 5.38. The van der Waals surface area contributed by atoms with E-state index in [9.17, 15) is 4.79 Å². The molecule has 0 aromatic heterocycles. The van der Waals surface area contributed by atoms with Gasteiger partial charge >= 0.3 is 0 Å². The molecule has 2 bridgehead atoms. The number of rotatable bonds is 1. The van der Waals surface area contributed by atoms with Gasteiger partial charge in [-0.3, -0.25) is 4.79 Å². The number of hydrogen-bond donors (Lipinski definition) is 1. The van der Waals surface area contributed by atoms with Crippen LogP contribution in [0.1, 0.15) is 12.0 Å². The number of carbonyl (C=O) groups excluding carboxylic acids is 1. The van der Waals surface area contributed by atoms with Crippen molar-refractivity contribution in [1.82, 2.24) is 5.32 Å². The van der Waals surface area contributed by atoms with Crippen molar-refractivity contribution in [2.24, 2.45) is 0 Å². The van der Waals surface area contributed by atoms with Crippen LogP contribution < -0.4 is 10.2 Å². The molecule has 15 heavy (non-hydrogen) atoms. The van der Waals surface area contributed by atoms with Gasteiger partial charge < -0.3 is 10.2 Å². The van der Waals surface area contributed by atoms with E-state index in [2.05, 4.69) is 24.4 Å². The summed E-state index contributed by atoms with van der Waals surface area (Å²) in [7, 11) is 0. The predicted molar refractivity (Wildman–Crippen MR) is 58.9 cm³/mol. The molecule has 3 fully saturated rings. The maximum absolute atomic E-state index is 11.9. The van der Waals surface area contributed by atoms with Gasteiger partial charge in [0.1, 0.15) is 0 Å². The highest BCUT2D eigenvalue weighted by molar-refractivity contribution is 5.99. The summed E-state index contributed by atoms with van der Waals surface area (Å²) in [4.78, 5) is 13.8. The fourth-order valence-electron chi connectivity index (χ4n) is 2.37. The summed E-state index contributed by atoms with van der Waals surface area (Å²) in [5.41, 5.74) is 2.24. The highest BCUT2D eigenvalue weighted by atomic mass is 16.2. The Morgan fingerprint density at radius 2 is 2.27 bits per heavy atom. The minimum Gasteiger partial charge on any atom is -0.309 e. The van der Waals surface area contributed by atoms with Crippen LogP contribution in [0.3, 0.4) is 0 Å². The van der Waals surface area contributed by atoms with Crippen molar-refractivity contribution in [1.29, 1.82) is 0 Å². The largest absolute Gasteiger partial charge is 0.309 e. The van der Waals surface area contributed by atoms with Gasteiger partial charge in [-0.2, -0.15) is 0 Å². The van der Waals surface area contributed by atoms with Crippen molar-refractivity contribution in [3.05, 3.63) is 29.8 Å². The van der Waals surface area contributed by atoms with E-state index in [1.807, 2.05) is 17.0 Å². The Bertz CT molecular complexity index is 410. The van der Waals surface area contributed by atoms with Crippen LogP contribution in [0.5, 0.6) is 0 Å². The van der Waals surface area contributed by atoms with Crippen LogP contribution in [-0.4, -0.2) is 24.5 Å². The summed E-state index contributed by atoms with van der Waals surface area (Å²) < 4.78 is 0. The molecule has 78 valence electrons. The highest BCUT2D eigenvalue weighted by Crippen LogP contribution is 2.27. The van der Waals surface area contributed by atoms with Gasteiger partial charge in [0.2, 0.25) is 5.91 Å². The van der Waals surface area contributed by atoms with Gasteiger partial charge in [-0.15, -0.1) is 0 Å². The monoisotopic (exact) mass is 202 g/mol. The van der Waals surface area contributed by atoms with Gasteiger partial charge in [-0.05, 0) is 31.0 Å². The minimum absolute atomic E-state index is 0.0734. The third kappa shape index (κ3) is 1.35. The number of piperidine rings is 1. The van der Waals surface area contributed by atoms with Gasteiger partial charge in [0.25, 0.3) is 0 Å².